The van der Waals surface area contributed by atoms with Crippen LogP contribution in [0.1, 0.15) is 30.5 Å². The number of hydrogen-bond donors (Lipinski definition) is 0. The van der Waals surface area contributed by atoms with Gasteiger partial charge in [0.2, 0.25) is 0 Å². The van der Waals surface area contributed by atoms with Crippen molar-refractivity contribution < 1.29 is 4.52 Å². The van der Waals surface area contributed by atoms with Gasteiger partial charge in [-0.1, -0.05) is 29.3 Å². The van der Waals surface area contributed by atoms with Crippen LogP contribution in [0.25, 0.3) is 0 Å². The predicted octanol–water partition coefficient (Wildman–Crippen LogP) is 3.52. The zero-order valence-corrected chi connectivity index (χ0v) is 14.1. The van der Waals surface area contributed by atoms with Crippen molar-refractivity contribution in [3.05, 3.63) is 47.9 Å². The first-order valence-corrected chi connectivity index (χ1v) is 8.74. The van der Waals surface area contributed by atoms with Crippen molar-refractivity contribution in [1.82, 2.24) is 10.1 Å². The SMILES string of the molecule is Cc1ccc(N2CCN(CCCCCc3ccon3)CC2)cc1. The molecule has 0 N–H and O–H groups in total. The molecule has 124 valence electrons. The summed E-state index contributed by atoms with van der Waals surface area (Å²) >= 11 is 0. The number of aryl methyl sites for hydroxylation is 2. The van der Waals surface area contributed by atoms with Crippen molar-refractivity contribution in [2.75, 3.05) is 37.6 Å². The summed E-state index contributed by atoms with van der Waals surface area (Å²) in [6.07, 6.45) is 6.45. The van der Waals surface area contributed by atoms with Crippen molar-refractivity contribution in [3.63, 3.8) is 0 Å². The Hall–Kier alpha value is -1.81. The maximum atomic E-state index is 4.86. The molecule has 0 amide bonds. The predicted molar refractivity (Wildman–Crippen MR) is 93.9 cm³/mol. The van der Waals surface area contributed by atoms with Gasteiger partial charge in [0.15, 0.2) is 0 Å². The number of piperazine rings is 1. The van der Waals surface area contributed by atoms with Crippen molar-refractivity contribution >= 4 is 5.69 Å². The Morgan fingerprint density at radius 2 is 1.74 bits per heavy atom. The Kier molecular flexibility index (Phi) is 5.70. The molecular formula is C19H27N3O. The first-order chi connectivity index (χ1) is 11.3. The highest BCUT2D eigenvalue weighted by Gasteiger charge is 2.16. The Morgan fingerprint density at radius 3 is 2.43 bits per heavy atom. The van der Waals surface area contributed by atoms with E-state index in [0.29, 0.717) is 0 Å². The molecule has 0 unspecified atom stereocenters. The van der Waals surface area contributed by atoms with Gasteiger partial charge in [0.25, 0.3) is 0 Å². The smallest absolute Gasteiger partial charge is 0.124 e. The van der Waals surface area contributed by atoms with E-state index in [9.17, 15) is 0 Å². The molecule has 4 nitrogen and oxygen atoms in total. The van der Waals surface area contributed by atoms with Crippen LogP contribution in [-0.4, -0.2) is 42.8 Å². The van der Waals surface area contributed by atoms with E-state index in [4.69, 9.17) is 4.52 Å². The molecule has 0 spiro atoms. The minimum Gasteiger partial charge on any atom is -0.369 e. The summed E-state index contributed by atoms with van der Waals surface area (Å²) in [4.78, 5) is 5.10. The zero-order valence-electron chi connectivity index (χ0n) is 14.1. The molecule has 23 heavy (non-hydrogen) atoms. The first-order valence-electron chi connectivity index (χ1n) is 8.74. The highest BCUT2D eigenvalue weighted by atomic mass is 16.5. The van der Waals surface area contributed by atoms with Gasteiger partial charge >= 0.3 is 0 Å². The van der Waals surface area contributed by atoms with Crippen LogP contribution in [0.2, 0.25) is 0 Å². The highest BCUT2D eigenvalue weighted by molar-refractivity contribution is 5.47. The molecule has 0 bridgehead atoms. The summed E-state index contributed by atoms with van der Waals surface area (Å²) in [6, 6.07) is 10.9. The van der Waals surface area contributed by atoms with Crippen LogP contribution in [0.3, 0.4) is 0 Å². The third kappa shape index (κ3) is 4.83. The van der Waals surface area contributed by atoms with Crippen LogP contribution in [0, 0.1) is 6.92 Å². The Bertz CT molecular complexity index is 557. The number of hydrogen-bond acceptors (Lipinski definition) is 4. The molecule has 1 aromatic carbocycles. The third-order valence-electron chi connectivity index (χ3n) is 4.67. The fourth-order valence-corrected chi connectivity index (χ4v) is 3.17. The van der Waals surface area contributed by atoms with Gasteiger partial charge in [0.05, 0.1) is 5.69 Å². The minimum absolute atomic E-state index is 1.04. The molecule has 2 heterocycles. The summed E-state index contributed by atoms with van der Waals surface area (Å²) in [6.45, 7) is 8.00. The normalized spacial score (nSPS) is 16.0. The van der Waals surface area contributed by atoms with E-state index in [0.717, 1.165) is 25.2 Å². The summed E-state index contributed by atoms with van der Waals surface area (Å²) < 4.78 is 4.86. The van der Waals surface area contributed by atoms with Crippen LogP contribution in [0.4, 0.5) is 5.69 Å². The van der Waals surface area contributed by atoms with Crippen LogP contribution < -0.4 is 4.90 Å². The standard InChI is InChI=1S/C19H27N3O/c1-17-6-8-19(9-7-17)22-14-12-21(13-15-22)11-4-2-3-5-18-10-16-23-20-18/h6-10,16H,2-5,11-15H2,1H3. The van der Waals surface area contributed by atoms with Gasteiger partial charge in [-0.05, 0) is 44.9 Å². The van der Waals surface area contributed by atoms with E-state index in [-0.39, 0.29) is 0 Å². The van der Waals surface area contributed by atoms with E-state index in [1.54, 1.807) is 6.26 Å². The lowest BCUT2D eigenvalue weighted by Crippen LogP contribution is -2.46. The Labute approximate surface area is 139 Å². The molecule has 0 atom stereocenters. The maximum Gasteiger partial charge on any atom is 0.124 e. The fourth-order valence-electron chi connectivity index (χ4n) is 3.17. The number of aromatic nitrogens is 1. The molecule has 2 aromatic rings. The van der Waals surface area contributed by atoms with Crippen molar-refractivity contribution in [1.29, 1.82) is 0 Å². The summed E-state index contributed by atoms with van der Waals surface area (Å²) in [5.74, 6) is 0. The average Bonchev–Trinajstić information content (AvgIpc) is 3.09. The monoisotopic (exact) mass is 313 g/mol. The minimum atomic E-state index is 1.04. The molecule has 1 saturated heterocycles. The summed E-state index contributed by atoms with van der Waals surface area (Å²) in [5, 5.41) is 3.96. The van der Waals surface area contributed by atoms with Crippen LogP contribution in [-0.2, 0) is 6.42 Å². The average molecular weight is 313 g/mol. The molecule has 4 heteroatoms. The third-order valence-corrected chi connectivity index (χ3v) is 4.67. The summed E-state index contributed by atoms with van der Waals surface area (Å²) in [5.41, 5.74) is 3.78. The number of benzene rings is 1. The number of anilines is 1. The van der Waals surface area contributed by atoms with Gasteiger partial charge in [0.1, 0.15) is 6.26 Å². The number of nitrogens with zero attached hydrogens (tertiary/aromatic N) is 3. The van der Waals surface area contributed by atoms with E-state index >= 15 is 0 Å². The second-order valence-electron chi connectivity index (χ2n) is 6.47. The molecule has 0 radical (unpaired) electrons. The van der Waals surface area contributed by atoms with Gasteiger partial charge in [-0.15, -0.1) is 0 Å². The van der Waals surface area contributed by atoms with Crippen LogP contribution in [0.5, 0.6) is 0 Å². The van der Waals surface area contributed by atoms with Crippen LogP contribution in [0.15, 0.2) is 41.1 Å². The van der Waals surface area contributed by atoms with Crippen LogP contribution >= 0.6 is 0 Å². The van der Waals surface area contributed by atoms with E-state index in [1.165, 1.54) is 50.1 Å². The number of rotatable bonds is 7. The van der Waals surface area contributed by atoms with Gasteiger partial charge < -0.3 is 9.42 Å². The lowest BCUT2D eigenvalue weighted by Gasteiger charge is -2.36. The largest absolute Gasteiger partial charge is 0.369 e. The Balaban J connectivity index is 1.31. The highest BCUT2D eigenvalue weighted by Crippen LogP contribution is 2.17. The Morgan fingerprint density at radius 1 is 0.957 bits per heavy atom. The van der Waals surface area contributed by atoms with E-state index in [1.807, 2.05) is 6.07 Å². The molecule has 1 aromatic heterocycles. The second-order valence-corrected chi connectivity index (χ2v) is 6.47. The topological polar surface area (TPSA) is 32.5 Å². The van der Waals surface area contributed by atoms with E-state index < -0.39 is 0 Å². The molecule has 1 aliphatic heterocycles. The van der Waals surface area contributed by atoms with Gasteiger partial charge in [-0.25, -0.2) is 0 Å². The lowest BCUT2D eigenvalue weighted by molar-refractivity contribution is 0.252. The maximum absolute atomic E-state index is 4.86. The van der Waals surface area contributed by atoms with Crippen molar-refractivity contribution in [3.8, 4) is 0 Å². The number of unbranched alkanes of at least 4 members (excludes halogenated alkanes) is 2. The summed E-state index contributed by atoms with van der Waals surface area (Å²) in [7, 11) is 0. The molecule has 3 rings (SSSR count). The first kappa shape index (κ1) is 16.1. The fraction of sp³-hybridized carbons (Fsp3) is 0.526. The second kappa shape index (κ2) is 8.16. The lowest BCUT2D eigenvalue weighted by atomic mass is 10.1. The van der Waals surface area contributed by atoms with Gasteiger partial charge in [-0.3, -0.25) is 4.90 Å². The zero-order chi connectivity index (χ0) is 15.9. The van der Waals surface area contributed by atoms with Crippen molar-refractivity contribution in [2.45, 2.75) is 32.6 Å². The molecular weight excluding hydrogens is 286 g/mol. The molecule has 1 aliphatic rings. The van der Waals surface area contributed by atoms with Gasteiger partial charge in [-0.2, -0.15) is 0 Å². The molecule has 0 aliphatic carbocycles. The quantitative estimate of drug-likeness (QED) is 0.732. The van der Waals surface area contributed by atoms with E-state index in [2.05, 4.69) is 46.1 Å². The van der Waals surface area contributed by atoms with Gasteiger partial charge in [0, 0.05) is 37.9 Å². The molecule has 0 saturated carbocycles. The van der Waals surface area contributed by atoms with Crippen molar-refractivity contribution in [2.24, 2.45) is 0 Å². The molecule has 1 fully saturated rings.